The number of fused-ring (bicyclic) bond motifs is 3. The van der Waals surface area contributed by atoms with E-state index in [-0.39, 0.29) is 6.10 Å². The van der Waals surface area contributed by atoms with E-state index in [0.29, 0.717) is 6.54 Å². The van der Waals surface area contributed by atoms with Crippen molar-refractivity contribution in [3.05, 3.63) is 29.3 Å². The third-order valence-corrected chi connectivity index (χ3v) is 4.38. The van der Waals surface area contributed by atoms with Crippen LogP contribution in [0.2, 0.25) is 0 Å². The summed E-state index contributed by atoms with van der Waals surface area (Å²) in [6, 6.07) is 6.53. The monoisotopic (exact) mass is 260 g/mol. The van der Waals surface area contributed by atoms with Gasteiger partial charge in [0, 0.05) is 20.3 Å². The number of benzene rings is 1. The highest BCUT2D eigenvalue weighted by Crippen LogP contribution is 2.32. The fourth-order valence-electron chi connectivity index (χ4n) is 2.31. The van der Waals surface area contributed by atoms with Crippen LogP contribution in [0.4, 0.5) is 0 Å². The van der Waals surface area contributed by atoms with Gasteiger partial charge in [-0.1, -0.05) is 6.92 Å². The van der Waals surface area contributed by atoms with E-state index in [9.17, 15) is 5.11 Å². The van der Waals surface area contributed by atoms with Gasteiger partial charge in [-0.05, 0) is 31.5 Å². The molecule has 2 aromatic heterocycles. The van der Waals surface area contributed by atoms with E-state index in [1.165, 1.54) is 15.0 Å². The van der Waals surface area contributed by atoms with Crippen molar-refractivity contribution in [3.63, 3.8) is 0 Å². The van der Waals surface area contributed by atoms with E-state index in [0.717, 1.165) is 17.3 Å². The molecule has 1 unspecified atom stereocenters. The molecule has 1 aromatic carbocycles. The van der Waals surface area contributed by atoms with Crippen molar-refractivity contribution >= 4 is 32.3 Å². The molecule has 0 fully saturated rings. The first-order chi connectivity index (χ1) is 8.69. The molecule has 3 rings (SSSR count). The Morgan fingerprint density at radius 2 is 2.28 bits per heavy atom. The molecule has 0 spiro atoms. The van der Waals surface area contributed by atoms with Gasteiger partial charge in [-0.15, -0.1) is 11.3 Å². The number of hydrogen-bond acceptors (Lipinski definition) is 3. The summed E-state index contributed by atoms with van der Waals surface area (Å²) in [7, 11) is 0. The SMILES string of the molecule is CCc1cc2c(ccc3cnn(CC(C)O)c32)s1. The Morgan fingerprint density at radius 1 is 1.44 bits per heavy atom. The summed E-state index contributed by atoms with van der Waals surface area (Å²) >= 11 is 1.84. The predicted octanol–water partition coefficient (Wildman–Crippen LogP) is 3.19. The van der Waals surface area contributed by atoms with Crippen LogP contribution in [0.1, 0.15) is 18.7 Å². The van der Waals surface area contributed by atoms with E-state index in [1.807, 2.05) is 22.2 Å². The average Bonchev–Trinajstić information content (AvgIpc) is 2.91. The molecular formula is C14H16N2OS. The Hall–Kier alpha value is -1.39. The minimum absolute atomic E-state index is 0.382. The number of aryl methyl sites for hydroxylation is 1. The van der Waals surface area contributed by atoms with Gasteiger partial charge < -0.3 is 5.11 Å². The fraction of sp³-hybridized carbons (Fsp3) is 0.357. The lowest BCUT2D eigenvalue weighted by atomic mass is 10.2. The van der Waals surface area contributed by atoms with Crippen LogP contribution in [0.25, 0.3) is 21.0 Å². The van der Waals surface area contributed by atoms with Crippen molar-refractivity contribution in [1.82, 2.24) is 9.78 Å². The van der Waals surface area contributed by atoms with Gasteiger partial charge in [-0.25, -0.2) is 0 Å². The van der Waals surface area contributed by atoms with Gasteiger partial charge >= 0.3 is 0 Å². The minimum Gasteiger partial charge on any atom is -0.391 e. The fourth-order valence-corrected chi connectivity index (χ4v) is 3.32. The highest BCUT2D eigenvalue weighted by atomic mass is 32.1. The summed E-state index contributed by atoms with van der Waals surface area (Å²) < 4.78 is 3.21. The van der Waals surface area contributed by atoms with Gasteiger partial charge in [-0.2, -0.15) is 5.10 Å². The number of aliphatic hydroxyl groups is 1. The molecule has 3 aromatic rings. The molecule has 3 nitrogen and oxygen atoms in total. The summed E-state index contributed by atoms with van der Waals surface area (Å²) in [5.74, 6) is 0. The molecule has 0 saturated heterocycles. The standard InChI is InChI=1S/C14H16N2OS/c1-3-11-6-12-13(18-11)5-4-10-7-15-16(14(10)12)8-9(2)17/h4-7,9,17H,3,8H2,1-2H3. The summed E-state index contributed by atoms with van der Waals surface area (Å²) in [6.45, 7) is 4.51. The molecule has 0 aliphatic rings. The second kappa shape index (κ2) is 4.37. The highest BCUT2D eigenvalue weighted by molar-refractivity contribution is 7.19. The van der Waals surface area contributed by atoms with Crippen molar-refractivity contribution in [1.29, 1.82) is 0 Å². The summed E-state index contributed by atoms with van der Waals surface area (Å²) in [5, 5.41) is 16.3. The maximum absolute atomic E-state index is 9.55. The number of nitrogens with zero attached hydrogens (tertiary/aromatic N) is 2. The number of aliphatic hydroxyl groups excluding tert-OH is 1. The molecule has 0 saturated carbocycles. The highest BCUT2D eigenvalue weighted by Gasteiger charge is 2.11. The van der Waals surface area contributed by atoms with Crippen molar-refractivity contribution in [2.45, 2.75) is 32.9 Å². The van der Waals surface area contributed by atoms with Crippen LogP contribution in [0, 0.1) is 0 Å². The Labute approximate surface area is 110 Å². The van der Waals surface area contributed by atoms with Crippen LogP contribution in [-0.4, -0.2) is 21.0 Å². The number of thiophene rings is 1. The van der Waals surface area contributed by atoms with E-state index in [1.54, 1.807) is 6.92 Å². The molecule has 1 N–H and O–H groups in total. The average molecular weight is 260 g/mol. The van der Waals surface area contributed by atoms with Gasteiger partial charge in [0.2, 0.25) is 0 Å². The number of aromatic nitrogens is 2. The molecular weight excluding hydrogens is 244 g/mol. The lowest BCUT2D eigenvalue weighted by molar-refractivity contribution is 0.170. The van der Waals surface area contributed by atoms with Crippen LogP contribution in [-0.2, 0) is 13.0 Å². The maximum atomic E-state index is 9.55. The lowest BCUT2D eigenvalue weighted by Gasteiger charge is -2.06. The lowest BCUT2D eigenvalue weighted by Crippen LogP contribution is -2.12. The van der Waals surface area contributed by atoms with E-state index < -0.39 is 0 Å². The van der Waals surface area contributed by atoms with Crippen molar-refractivity contribution in [2.75, 3.05) is 0 Å². The van der Waals surface area contributed by atoms with Gasteiger partial charge in [0.15, 0.2) is 0 Å². The first-order valence-corrected chi connectivity index (χ1v) is 7.05. The third kappa shape index (κ3) is 1.82. The van der Waals surface area contributed by atoms with Crippen molar-refractivity contribution < 1.29 is 5.11 Å². The van der Waals surface area contributed by atoms with Crippen molar-refractivity contribution in [2.24, 2.45) is 0 Å². The summed E-state index contributed by atoms with van der Waals surface area (Å²) in [6.07, 6.45) is 2.55. The maximum Gasteiger partial charge on any atom is 0.0770 e. The minimum atomic E-state index is -0.382. The number of rotatable bonds is 3. The quantitative estimate of drug-likeness (QED) is 0.785. The molecule has 4 heteroatoms. The molecule has 18 heavy (non-hydrogen) atoms. The Kier molecular flexibility index (Phi) is 2.84. The van der Waals surface area contributed by atoms with Gasteiger partial charge in [-0.3, -0.25) is 4.68 Å². The van der Waals surface area contributed by atoms with Crippen LogP contribution >= 0.6 is 11.3 Å². The Morgan fingerprint density at radius 3 is 3.00 bits per heavy atom. The summed E-state index contributed by atoms with van der Waals surface area (Å²) in [5.41, 5.74) is 1.14. The molecule has 0 bridgehead atoms. The second-order valence-electron chi connectivity index (χ2n) is 4.66. The topological polar surface area (TPSA) is 38.0 Å². The molecule has 0 amide bonds. The summed E-state index contributed by atoms with van der Waals surface area (Å²) in [4.78, 5) is 1.39. The van der Waals surface area contributed by atoms with Gasteiger partial charge in [0.25, 0.3) is 0 Å². The zero-order chi connectivity index (χ0) is 12.7. The Bertz CT molecular complexity index is 696. The van der Waals surface area contributed by atoms with E-state index in [4.69, 9.17) is 0 Å². The van der Waals surface area contributed by atoms with Crippen LogP contribution < -0.4 is 0 Å². The number of hydrogen-bond donors (Lipinski definition) is 1. The van der Waals surface area contributed by atoms with Gasteiger partial charge in [0.05, 0.1) is 24.4 Å². The normalized spacial score (nSPS) is 13.5. The smallest absolute Gasteiger partial charge is 0.0770 e. The van der Waals surface area contributed by atoms with E-state index >= 15 is 0 Å². The largest absolute Gasteiger partial charge is 0.391 e. The molecule has 2 heterocycles. The van der Waals surface area contributed by atoms with Crippen LogP contribution in [0.15, 0.2) is 24.4 Å². The zero-order valence-electron chi connectivity index (χ0n) is 10.6. The Balaban J connectivity index is 2.29. The van der Waals surface area contributed by atoms with Crippen molar-refractivity contribution in [3.8, 4) is 0 Å². The van der Waals surface area contributed by atoms with E-state index in [2.05, 4.69) is 30.2 Å². The third-order valence-electron chi connectivity index (χ3n) is 3.13. The molecule has 1 atom stereocenters. The predicted molar refractivity (Wildman–Crippen MR) is 76.2 cm³/mol. The molecule has 0 aliphatic carbocycles. The molecule has 0 radical (unpaired) electrons. The second-order valence-corrected chi connectivity index (χ2v) is 5.83. The zero-order valence-corrected chi connectivity index (χ0v) is 11.4. The first-order valence-electron chi connectivity index (χ1n) is 6.24. The molecule has 94 valence electrons. The first kappa shape index (κ1) is 11.7. The molecule has 0 aliphatic heterocycles. The van der Waals surface area contributed by atoms with Crippen LogP contribution in [0.3, 0.4) is 0 Å². The van der Waals surface area contributed by atoms with Gasteiger partial charge in [0.1, 0.15) is 0 Å². The van der Waals surface area contributed by atoms with Crippen LogP contribution in [0.5, 0.6) is 0 Å².